The predicted octanol–water partition coefficient (Wildman–Crippen LogP) is -0.130. The van der Waals surface area contributed by atoms with E-state index in [1.54, 1.807) is 12.5 Å². The Morgan fingerprint density at radius 2 is 1.65 bits per heavy atom. The maximum Gasteiger partial charge on any atom is 0.222 e. The number of anilines is 2. The summed E-state index contributed by atoms with van der Waals surface area (Å²) in [6, 6.07) is 0. The summed E-state index contributed by atoms with van der Waals surface area (Å²) in [6.07, 6.45) is 6.08. The second kappa shape index (κ2) is 4.76. The Balaban J connectivity index is 0.000000121. The molecule has 0 fully saturated rings. The third kappa shape index (κ3) is 2.16. The number of rotatable bonds is 0. The van der Waals surface area contributed by atoms with Gasteiger partial charge in [-0.15, -0.1) is 0 Å². The standard InChI is InChI=1S/2C5H5N5/c6-4-3-5(9-1-7-3)10-2-8-4;6-5-7-1-3-4(10-5)9-2-8-3/h2*1-2H,(H3,6,7,8,9,10). The molecule has 0 atom stereocenters. The van der Waals surface area contributed by atoms with Crippen LogP contribution in [0.3, 0.4) is 0 Å². The van der Waals surface area contributed by atoms with E-state index >= 15 is 0 Å². The molecule has 0 aliphatic heterocycles. The van der Waals surface area contributed by atoms with Gasteiger partial charge in [-0.3, -0.25) is 0 Å². The molecule has 4 heterocycles. The van der Waals surface area contributed by atoms with Gasteiger partial charge in [0.05, 0.1) is 18.9 Å². The smallest absolute Gasteiger partial charge is 0.222 e. The molecular weight excluding hydrogens is 260 g/mol. The van der Waals surface area contributed by atoms with Crippen LogP contribution in [0.5, 0.6) is 0 Å². The van der Waals surface area contributed by atoms with Gasteiger partial charge in [0.2, 0.25) is 5.95 Å². The zero-order chi connectivity index (χ0) is 13.9. The van der Waals surface area contributed by atoms with Crippen molar-refractivity contribution in [1.29, 1.82) is 0 Å². The fraction of sp³-hybridized carbons (Fsp3) is 0. The van der Waals surface area contributed by atoms with Crippen molar-refractivity contribution in [3.05, 3.63) is 25.2 Å². The number of H-pyrrole nitrogens is 2. The van der Waals surface area contributed by atoms with Crippen molar-refractivity contribution in [2.75, 3.05) is 11.5 Å². The van der Waals surface area contributed by atoms with E-state index in [0.29, 0.717) is 22.6 Å². The molecule has 10 nitrogen and oxygen atoms in total. The van der Waals surface area contributed by atoms with Crippen molar-refractivity contribution in [1.82, 2.24) is 39.9 Å². The Bertz CT molecular complexity index is 846. The summed E-state index contributed by atoms with van der Waals surface area (Å²) < 4.78 is 0. The highest BCUT2D eigenvalue weighted by Gasteiger charge is 1.99. The van der Waals surface area contributed by atoms with Crippen LogP contribution in [-0.2, 0) is 0 Å². The van der Waals surface area contributed by atoms with E-state index in [2.05, 4.69) is 39.9 Å². The van der Waals surface area contributed by atoms with E-state index in [1.807, 2.05) is 0 Å². The van der Waals surface area contributed by atoms with Crippen molar-refractivity contribution in [2.24, 2.45) is 0 Å². The van der Waals surface area contributed by atoms with Crippen LogP contribution >= 0.6 is 0 Å². The number of nitrogens with one attached hydrogen (secondary N) is 2. The molecule has 0 spiro atoms. The Labute approximate surface area is 111 Å². The molecule has 4 rings (SSSR count). The van der Waals surface area contributed by atoms with Gasteiger partial charge in [-0.2, -0.15) is 4.98 Å². The summed E-state index contributed by atoms with van der Waals surface area (Å²) in [7, 11) is 0. The van der Waals surface area contributed by atoms with E-state index in [1.165, 1.54) is 12.7 Å². The first-order chi connectivity index (χ1) is 9.74. The minimum atomic E-state index is 0.250. The highest BCUT2D eigenvalue weighted by molar-refractivity contribution is 5.80. The number of nitrogen functional groups attached to an aromatic ring is 2. The number of aromatic nitrogens is 8. The van der Waals surface area contributed by atoms with E-state index < -0.39 is 0 Å². The number of hydrogen-bond donors (Lipinski definition) is 4. The van der Waals surface area contributed by atoms with Crippen LogP contribution in [0.4, 0.5) is 11.8 Å². The number of hydrogen-bond acceptors (Lipinski definition) is 8. The summed E-state index contributed by atoms with van der Waals surface area (Å²) in [5.74, 6) is 0.683. The zero-order valence-corrected chi connectivity index (χ0v) is 10.1. The first-order valence-corrected chi connectivity index (χ1v) is 5.55. The zero-order valence-electron chi connectivity index (χ0n) is 10.1. The van der Waals surface area contributed by atoms with Crippen LogP contribution < -0.4 is 11.5 Å². The molecule has 0 bridgehead atoms. The lowest BCUT2D eigenvalue weighted by atomic mass is 10.5. The maximum absolute atomic E-state index is 5.48. The van der Waals surface area contributed by atoms with Crippen LogP contribution in [0.1, 0.15) is 0 Å². The highest BCUT2D eigenvalue weighted by atomic mass is 15.1. The molecule has 20 heavy (non-hydrogen) atoms. The Morgan fingerprint density at radius 3 is 2.50 bits per heavy atom. The minimum Gasteiger partial charge on any atom is -0.382 e. The average molecular weight is 270 g/mol. The number of fused-ring (bicyclic) bond motifs is 2. The third-order valence-corrected chi connectivity index (χ3v) is 2.45. The largest absolute Gasteiger partial charge is 0.382 e. The van der Waals surface area contributed by atoms with Crippen molar-refractivity contribution in [2.45, 2.75) is 0 Å². The average Bonchev–Trinajstić information content (AvgIpc) is 3.07. The van der Waals surface area contributed by atoms with Gasteiger partial charge in [0.25, 0.3) is 0 Å². The third-order valence-electron chi connectivity index (χ3n) is 2.45. The van der Waals surface area contributed by atoms with E-state index in [0.717, 1.165) is 5.52 Å². The molecule has 0 amide bonds. The molecule has 0 aliphatic rings. The monoisotopic (exact) mass is 270 g/mol. The van der Waals surface area contributed by atoms with Crippen molar-refractivity contribution in [3.63, 3.8) is 0 Å². The fourth-order valence-electron chi connectivity index (χ4n) is 1.53. The molecule has 4 aromatic heterocycles. The van der Waals surface area contributed by atoms with Crippen molar-refractivity contribution in [3.8, 4) is 0 Å². The molecular formula is C10H10N10. The van der Waals surface area contributed by atoms with Gasteiger partial charge in [-0.05, 0) is 0 Å². The molecule has 0 aliphatic carbocycles. The van der Waals surface area contributed by atoms with Gasteiger partial charge >= 0.3 is 0 Å². The van der Waals surface area contributed by atoms with Gasteiger partial charge in [-0.25, -0.2) is 24.9 Å². The van der Waals surface area contributed by atoms with Gasteiger partial charge < -0.3 is 21.4 Å². The number of imidazole rings is 2. The molecule has 0 unspecified atom stereocenters. The SMILES string of the molecule is Nc1ncc2[nH]cnc2n1.Nc1ncnc2nc[nH]c12. The molecule has 0 saturated carbocycles. The lowest BCUT2D eigenvalue weighted by molar-refractivity contribution is 1.21. The van der Waals surface area contributed by atoms with Gasteiger partial charge in [0, 0.05) is 0 Å². The Morgan fingerprint density at radius 1 is 0.850 bits per heavy atom. The molecule has 6 N–H and O–H groups in total. The van der Waals surface area contributed by atoms with Crippen LogP contribution in [0.15, 0.2) is 25.2 Å². The second-order valence-corrected chi connectivity index (χ2v) is 3.73. The van der Waals surface area contributed by atoms with Crippen LogP contribution in [-0.4, -0.2) is 39.9 Å². The van der Waals surface area contributed by atoms with Gasteiger partial charge in [-0.1, -0.05) is 0 Å². The fourth-order valence-corrected chi connectivity index (χ4v) is 1.53. The summed E-state index contributed by atoms with van der Waals surface area (Å²) in [5.41, 5.74) is 13.5. The predicted molar refractivity (Wildman–Crippen MR) is 72.2 cm³/mol. The van der Waals surface area contributed by atoms with Crippen LogP contribution in [0.25, 0.3) is 22.3 Å². The normalized spacial score (nSPS) is 10.4. The molecule has 0 aromatic carbocycles. The first kappa shape index (κ1) is 11.8. The topological polar surface area (TPSA) is 161 Å². The van der Waals surface area contributed by atoms with Gasteiger partial charge in [0.15, 0.2) is 17.1 Å². The minimum absolute atomic E-state index is 0.250. The van der Waals surface area contributed by atoms with Crippen molar-refractivity contribution >= 4 is 34.1 Å². The summed E-state index contributed by atoms with van der Waals surface area (Å²) in [4.78, 5) is 28.7. The van der Waals surface area contributed by atoms with E-state index in [-0.39, 0.29) is 5.95 Å². The Hall–Kier alpha value is -3.30. The van der Waals surface area contributed by atoms with Crippen LogP contribution in [0, 0.1) is 0 Å². The molecule has 0 saturated heterocycles. The Kier molecular flexibility index (Phi) is 2.80. The van der Waals surface area contributed by atoms with Crippen molar-refractivity contribution < 1.29 is 0 Å². The molecule has 10 heteroatoms. The molecule has 100 valence electrons. The molecule has 4 aromatic rings. The van der Waals surface area contributed by atoms with E-state index in [4.69, 9.17) is 11.5 Å². The lowest BCUT2D eigenvalue weighted by Gasteiger charge is -1.89. The number of nitrogens with zero attached hydrogens (tertiary/aromatic N) is 6. The number of aromatic amines is 2. The van der Waals surface area contributed by atoms with Gasteiger partial charge in [0.1, 0.15) is 17.4 Å². The maximum atomic E-state index is 5.48. The summed E-state index contributed by atoms with van der Waals surface area (Å²) >= 11 is 0. The van der Waals surface area contributed by atoms with Crippen LogP contribution in [0.2, 0.25) is 0 Å². The molecule has 0 radical (unpaired) electrons. The first-order valence-electron chi connectivity index (χ1n) is 5.55. The number of nitrogens with two attached hydrogens (primary N) is 2. The summed E-state index contributed by atoms with van der Waals surface area (Å²) in [5, 5.41) is 0. The highest BCUT2D eigenvalue weighted by Crippen LogP contribution is 2.09. The van der Waals surface area contributed by atoms with E-state index in [9.17, 15) is 0 Å². The quantitative estimate of drug-likeness (QED) is 0.343. The lowest BCUT2D eigenvalue weighted by Crippen LogP contribution is -1.93. The second-order valence-electron chi connectivity index (χ2n) is 3.73. The summed E-state index contributed by atoms with van der Waals surface area (Å²) in [6.45, 7) is 0.